The lowest BCUT2D eigenvalue weighted by molar-refractivity contribution is -0.122. The first-order valence-electron chi connectivity index (χ1n) is 7.42. The average Bonchev–Trinajstić information content (AvgIpc) is 2.97. The number of nitrogens with one attached hydrogen (secondary N) is 1. The van der Waals surface area contributed by atoms with Crippen molar-refractivity contribution in [1.82, 2.24) is 9.88 Å². The average molecular weight is 320 g/mol. The monoisotopic (exact) mass is 320 g/mol. The van der Waals surface area contributed by atoms with Gasteiger partial charge < -0.3 is 9.88 Å². The highest BCUT2D eigenvalue weighted by atomic mass is 32.2. The molecule has 0 bridgehead atoms. The van der Waals surface area contributed by atoms with Crippen LogP contribution in [0, 0.1) is 0 Å². The molecule has 2 heterocycles. The van der Waals surface area contributed by atoms with E-state index in [2.05, 4.69) is 5.32 Å². The molecule has 1 aromatic carbocycles. The Labute approximate surface area is 130 Å². The summed E-state index contributed by atoms with van der Waals surface area (Å²) in [5, 5.41) is 4.04. The molecule has 1 atom stereocenters. The van der Waals surface area contributed by atoms with Gasteiger partial charge in [0.05, 0.1) is 17.0 Å². The van der Waals surface area contributed by atoms with Gasteiger partial charge in [-0.15, -0.1) is 0 Å². The predicted octanol–water partition coefficient (Wildman–Crippen LogP) is 1.72. The highest BCUT2D eigenvalue weighted by Crippen LogP contribution is 2.23. The number of sulfone groups is 1. The molecule has 1 unspecified atom stereocenters. The molecular weight excluding hydrogens is 300 g/mol. The van der Waals surface area contributed by atoms with Gasteiger partial charge in [-0.25, -0.2) is 8.42 Å². The molecule has 118 valence electrons. The standard InChI is InChI=1S/C16H20N2O3S/c1-16(8-11-22(20,21)12-16)17-15(19)7-10-18-9-6-13-4-2-3-5-14(13)18/h2-6,9H,7-8,10-12H2,1H3,(H,17,19). The minimum atomic E-state index is -3.01. The van der Waals surface area contributed by atoms with Crippen molar-refractivity contribution in [3.05, 3.63) is 36.5 Å². The summed E-state index contributed by atoms with van der Waals surface area (Å²) in [4.78, 5) is 12.1. The number of aryl methyl sites for hydroxylation is 1. The Balaban J connectivity index is 1.61. The van der Waals surface area contributed by atoms with Crippen LogP contribution in [0.4, 0.5) is 0 Å². The van der Waals surface area contributed by atoms with Crippen molar-refractivity contribution in [2.24, 2.45) is 0 Å². The van der Waals surface area contributed by atoms with Gasteiger partial charge in [0, 0.05) is 24.7 Å². The molecular formula is C16H20N2O3S. The molecule has 5 nitrogen and oxygen atoms in total. The van der Waals surface area contributed by atoms with Crippen LogP contribution >= 0.6 is 0 Å². The summed E-state index contributed by atoms with van der Waals surface area (Å²) in [5.41, 5.74) is 0.485. The van der Waals surface area contributed by atoms with Gasteiger partial charge in [0.2, 0.25) is 5.91 Å². The molecule has 0 spiro atoms. The lowest BCUT2D eigenvalue weighted by Gasteiger charge is -2.24. The van der Waals surface area contributed by atoms with Gasteiger partial charge in [-0.2, -0.15) is 0 Å². The third-order valence-electron chi connectivity index (χ3n) is 4.20. The molecule has 1 aromatic heterocycles. The zero-order valence-electron chi connectivity index (χ0n) is 12.6. The van der Waals surface area contributed by atoms with E-state index in [1.54, 1.807) is 6.92 Å². The zero-order valence-corrected chi connectivity index (χ0v) is 13.4. The molecule has 1 saturated heterocycles. The normalized spacial score (nSPS) is 23.7. The Bertz CT molecular complexity index is 810. The molecule has 1 amide bonds. The van der Waals surface area contributed by atoms with Crippen molar-refractivity contribution >= 4 is 26.6 Å². The van der Waals surface area contributed by atoms with Crippen LogP contribution < -0.4 is 5.32 Å². The number of nitrogens with zero attached hydrogens (tertiary/aromatic N) is 1. The topological polar surface area (TPSA) is 68.2 Å². The molecule has 1 fully saturated rings. The van der Waals surface area contributed by atoms with E-state index < -0.39 is 15.4 Å². The van der Waals surface area contributed by atoms with Crippen molar-refractivity contribution in [2.75, 3.05) is 11.5 Å². The fourth-order valence-corrected chi connectivity index (χ4v) is 5.16. The number of hydrogen-bond donors (Lipinski definition) is 1. The minimum absolute atomic E-state index is 0.0399. The first kappa shape index (κ1) is 15.1. The van der Waals surface area contributed by atoms with Gasteiger partial charge in [0.15, 0.2) is 9.84 Å². The minimum Gasteiger partial charge on any atom is -0.350 e. The van der Waals surface area contributed by atoms with Crippen LogP contribution in [0.3, 0.4) is 0 Å². The van der Waals surface area contributed by atoms with Crippen molar-refractivity contribution in [3.8, 4) is 0 Å². The van der Waals surface area contributed by atoms with Crippen LogP contribution in [0.25, 0.3) is 10.9 Å². The number of hydrogen-bond acceptors (Lipinski definition) is 3. The maximum Gasteiger partial charge on any atom is 0.222 e. The number of benzene rings is 1. The third kappa shape index (κ3) is 3.16. The van der Waals surface area contributed by atoms with E-state index in [9.17, 15) is 13.2 Å². The van der Waals surface area contributed by atoms with Gasteiger partial charge in [-0.3, -0.25) is 4.79 Å². The van der Waals surface area contributed by atoms with Gasteiger partial charge >= 0.3 is 0 Å². The molecule has 0 radical (unpaired) electrons. The van der Waals surface area contributed by atoms with Crippen molar-refractivity contribution < 1.29 is 13.2 Å². The first-order chi connectivity index (χ1) is 10.4. The summed E-state index contributed by atoms with van der Waals surface area (Å²) >= 11 is 0. The second-order valence-electron chi connectivity index (χ2n) is 6.27. The Hall–Kier alpha value is -1.82. The van der Waals surface area contributed by atoms with Crippen LogP contribution in [0.2, 0.25) is 0 Å². The van der Waals surface area contributed by atoms with E-state index in [-0.39, 0.29) is 17.4 Å². The van der Waals surface area contributed by atoms with Crippen LogP contribution in [0.5, 0.6) is 0 Å². The van der Waals surface area contributed by atoms with Gasteiger partial charge in [-0.1, -0.05) is 18.2 Å². The summed E-state index contributed by atoms with van der Waals surface area (Å²) in [5.74, 6) is 0.0990. The molecule has 3 rings (SSSR count). The van der Waals surface area contributed by atoms with Crippen molar-refractivity contribution in [3.63, 3.8) is 0 Å². The van der Waals surface area contributed by atoms with E-state index in [4.69, 9.17) is 0 Å². The Kier molecular flexibility index (Phi) is 3.72. The highest BCUT2D eigenvalue weighted by molar-refractivity contribution is 7.91. The highest BCUT2D eigenvalue weighted by Gasteiger charge is 2.39. The van der Waals surface area contributed by atoms with Gasteiger partial charge in [0.25, 0.3) is 0 Å². The second-order valence-corrected chi connectivity index (χ2v) is 8.45. The van der Waals surface area contributed by atoms with Crippen LogP contribution in [0.15, 0.2) is 36.5 Å². The number of aromatic nitrogens is 1. The fourth-order valence-electron chi connectivity index (χ4n) is 3.07. The van der Waals surface area contributed by atoms with E-state index in [1.165, 1.54) is 0 Å². The quantitative estimate of drug-likeness (QED) is 0.933. The summed E-state index contributed by atoms with van der Waals surface area (Å²) in [7, 11) is -3.01. The number of para-hydroxylation sites is 1. The fraction of sp³-hybridized carbons (Fsp3) is 0.438. The zero-order chi connectivity index (χ0) is 15.8. The van der Waals surface area contributed by atoms with E-state index in [1.807, 2.05) is 41.1 Å². The molecule has 22 heavy (non-hydrogen) atoms. The maximum atomic E-state index is 12.1. The number of rotatable bonds is 4. The Morgan fingerprint density at radius 3 is 2.82 bits per heavy atom. The number of carbonyl (C=O) groups is 1. The molecule has 1 aliphatic heterocycles. The smallest absolute Gasteiger partial charge is 0.222 e. The van der Waals surface area contributed by atoms with Crippen LogP contribution in [-0.2, 0) is 21.2 Å². The summed E-state index contributed by atoms with van der Waals surface area (Å²) < 4.78 is 25.2. The molecule has 1 aliphatic rings. The Morgan fingerprint density at radius 2 is 2.09 bits per heavy atom. The number of carbonyl (C=O) groups excluding carboxylic acids is 1. The largest absolute Gasteiger partial charge is 0.350 e. The van der Waals surface area contributed by atoms with Crippen molar-refractivity contribution in [1.29, 1.82) is 0 Å². The molecule has 0 saturated carbocycles. The lowest BCUT2D eigenvalue weighted by Crippen LogP contribution is -2.47. The van der Waals surface area contributed by atoms with Crippen LogP contribution in [0.1, 0.15) is 19.8 Å². The lowest BCUT2D eigenvalue weighted by atomic mass is 10.0. The van der Waals surface area contributed by atoms with E-state index in [0.29, 0.717) is 19.4 Å². The van der Waals surface area contributed by atoms with Gasteiger partial charge in [-0.05, 0) is 30.9 Å². The third-order valence-corrected chi connectivity index (χ3v) is 6.11. The Morgan fingerprint density at radius 1 is 1.32 bits per heavy atom. The summed E-state index contributed by atoms with van der Waals surface area (Å²) in [6, 6.07) is 10.1. The molecule has 1 N–H and O–H groups in total. The van der Waals surface area contributed by atoms with E-state index >= 15 is 0 Å². The molecule has 6 heteroatoms. The summed E-state index contributed by atoms with van der Waals surface area (Å²) in [6.07, 6.45) is 2.81. The second kappa shape index (κ2) is 5.43. The van der Waals surface area contributed by atoms with Crippen LogP contribution in [-0.4, -0.2) is 35.9 Å². The molecule has 0 aliphatic carbocycles. The number of fused-ring (bicyclic) bond motifs is 1. The summed E-state index contributed by atoms with van der Waals surface area (Å²) in [6.45, 7) is 2.39. The van der Waals surface area contributed by atoms with Crippen molar-refractivity contribution in [2.45, 2.75) is 31.8 Å². The van der Waals surface area contributed by atoms with Gasteiger partial charge in [0.1, 0.15) is 0 Å². The predicted molar refractivity (Wildman–Crippen MR) is 86.4 cm³/mol. The number of amides is 1. The van der Waals surface area contributed by atoms with E-state index in [0.717, 1.165) is 10.9 Å². The SMILES string of the molecule is CC1(NC(=O)CCn2ccc3ccccc32)CCS(=O)(=O)C1. The first-order valence-corrected chi connectivity index (χ1v) is 9.24. The molecule has 2 aromatic rings. The maximum absolute atomic E-state index is 12.1.